The standard InChI is InChI=1S/C23H23N3OS/c1-15-7-5-6-10-17(15)21-24-22(27)20-18-11-12-26(13-16-8-3-2-4-9-16)14-19(18)28-23(20)25-21/h2-10,21,25H,11-14H2,1H3,(H,24,27)/p+1/t21-/m0/s1. The average Bonchev–Trinajstić information content (AvgIpc) is 3.07. The van der Waals surface area contributed by atoms with E-state index in [4.69, 9.17) is 0 Å². The van der Waals surface area contributed by atoms with Gasteiger partial charge in [0.2, 0.25) is 0 Å². The molecule has 3 N–H and O–H groups in total. The van der Waals surface area contributed by atoms with Crippen molar-refractivity contribution in [2.45, 2.75) is 32.6 Å². The van der Waals surface area contributed by atoms with Crippen LogP contribution in [-0.2, 0) is 19.5 Å². The van der Waals surface area contributed by atoms with Crippen LogP contribution in [0.15, 0.2) is 54.6 Å². The van der Waals surface area contributed by atoms with Crippen LogP contribution < -0.4 is 15.5 Å². The highest BCUT2D eigenvalue weighted by molar-refractivity contribution is 7.16. The van der Waals surface area contributed by atoms with Crippen molar-refractivity contribution in [1.82, 2.24) is 5.32 Å². The molecule has 0 bridgehead atoms. The van der Waals surface area contributed by atoms with Gasteiger partial charge in [0, 0.05) is 12.0 Å². The van der Waals surface area contributed by atoms with Crippen molar-refractivity contribution in [3.05, 3.63) is 87.3 Å². The van der Waals surface area contributed by atoms with Crippen molar-refractivity contribution >= 4 is 22.2 Å². The normalized spacial score (nSPS) is 20.7. The summed E-state index contributed by atoms with van der Waals surface area (Å²) >= 11 is 1.77. The van der Waals surface area contributed by atoms with Gasteiger partial charge in [-0.3, -0.25) is 4.79 Å². The lowest BCUT2D eigenvalue weighted by Crippen LogP contribution is -3.10. The average molecular weight is 391 g/mol. The molecule has 2 aliphatic heterocycles. The maximum Gasteiger partial charge on any atom is 0.256 e. The molecule has 0 saturated heterocycles. The van der Waals surface area contributed by atoms with Gasteiger partial charge in [0.15, 0.2) is 0 Å². The molecule has 0 radical (unpaired) electrons. The molecule has 28 heavy (non-hydrogen) atoms. The van der Waals surface area contributed by atoms with Gasteiger partial charge in [-0.15, -0.1) is 11.3 Å². The zero-order chi connectivity index (χ0) is 19.1. The van der Waals surface area contributed by atoms with E-state index in [1.165, 1.54) is 21.6 Å². The molecule has 3 heterocycles. The number of rotatable bonds is 3. The van der Waals surface area contributed by atoms with Crippen molar-refractivity contribution in [3.8, 4) is 0 Å². The first-order valence-electron chi connectivity index (χ1n) is 9.84. The fourth-order valence-corrected chi connectivity index (χ4v) is 5.70. The molecule has 2 aromatic carbocycles. The Labute approximate surface area is 169 Å². The largest absolute Gasteiger partial charge is 0.353 e. The summed E-state index contributed by atoms with van der Waals surface area (Å²) in [5.74, 6) is 0.0611. The van der Waals surface area contributed by atoms with E-state index < -0.39 is 0 Å². The minimum absolute atomic E-state index is 0.0611. The second-order valence-corrected chi connectivity index (χ2v) is 8.81. The minimum Gasteiger partial charge on any atom is -0.353 e. The van der Waals surface area contributed by atoms with Crippen molar-refractivity contribution in [2.24, 2.45) is 0 Å². The molecule has 4 nitrogen and oxygen atoms in total. The zero-order valence-electron chi connectivity index (χ0n) is 15.9. The summed E-state index contributed by atoms with van der Waals surface area (Å²) in [5.41, 5.74) is 5.82. The molecular weight excluding hydrogens is 366 g/mol. The number of carbonyl (C=O) groups is 1. The summed E-state index contributed by atoms with van der Waals surface area (Å²) < 4.78 is 0. The van der Waals surface area contributed by atoms with Crippen LogP contribution in [-0.4, -0.2) is 12.5 Å². The quantitative estimate of drug-likeness (QED) is 0.644. The molecule has 5 heteroatoms. The van der Waals surface area contributed by atoms with Gasteiger partial charge in [-0.2, -0.15) is 0 Å². The number of thiophene rings is 1. The number of amides is 1. The second kappa shape index (κ2) is 7.08. The van der Waals surface area contributed by atoms with E-state index in [1.54, 1.807) is 16.2 Å². The number of carbonyl (C=O) groups excluding carboxylic acids is 1. The lowest BCUT2D eigenvalue weighted by atomic mass is 9.99. The Morgan fingerprint density at radius 2 is 1.86 bits per heavy atom. The van der Waals surface area contributed by atoms with Crippen molar-refractivity contribution in [3.63, 3.8) is 0 Å². The molecule has 3 aromatic rings. The zero-order valence-corrected chi connectivity index (χ0v) is 16.7. The molecule has 1 aromatic heterocycles. The summed E-state index contributed by atoms with van der Waals surface area (Å²) in [6, 6.07) is 18.9. The number of quaternary nitrogens is 1. The Hall–Kier alpha value is -2.63. The van der Waals surface area contributed by atoms with E-state index in [-0.39, 0.29) is 12.1 Å². The molecule has 0 saturated carbocycles. The predicted octanol–water partition coefficient (Wildman–Crippen LogP) is 3.05. The molecule has 0 aliphatic carbocycles. The van der Waals surface area contributed by atoms with Crippen LogP contribution in [0.4, 0.5) is 5.00 Å². The Morgan fingerprint density at radius 1 is 1.07 bits per heavy atom. The topological polar surface area (TPSA) is 45.6 Å². The van der Waals surface area contributed by atoms with Gasteiger partial charge < -0.3 is 15.5 Å². The maximum atomic E-state index is 12.9. The molecule has 142 valence electrons. The molecule has 2 aliphatic rings. The summed E-state index contributed by atoms with van der Waals surface area (Å²) in [4.78, 5) is 15.9. The van der Waals surface area contributed by atoms with E-state index in [0.717, 1.165) is 42.2 Å². The molecule has 2 atom stereocenters. The van der Waals surface area contributed by atoms with Crippen LogP contribution in [0, 0.1) is 6.92 Å². The maximum absolute atomic E-state index is 12.9. The fourth-order valence-electron chi connectivity index (χ4n) is 4.35. The van der Waals surface area contributed by atoms with Crippen LogP contribution >= 0.6 is 11.3 Å². The number of hydrogen-bond donors (Lipinski definition) is 3. The summed E-state index contributed by atoms with van der Waals surface area (Å²) in [5, 5.41) is 7.78. The first-order chi connectivity index (χ1) is 13.7. The molecule has 0 spiro atoms. The molecular formula is C23H24N3OS+. The Bertz CT molecular complexity index is 1030. The molecule has 5 rings (SSSR count). The van der Waals surface area contributed by atoms with Gasteiger partial charge in [-0.1, -0.05) is 54.6 Å². The molecule has 1 amide bonds. The number of aryl methyl sites for hydroxylation is 1. The number of nitrogens with one attached hydrogen (secondary N) is 3. The van der Waals surface area contributed by atoms with Crippen molar-refractivity contribution in [1.29, 1.82) is 0 Å². The molecule has 1 unspecified atom stereocenters. The number of anilines is 1. The number of fused-ring (bicyclic) bond motifs is 3. The van der Waals surface area contributed by atoms with Crippen LogP contribution in [0.25, 0.3) is 0 Å². The highest BCUT2D eigenvalue weighted by Crippen LogP contribution is 2.39. The van der Waals surface area contributed by atoms with Crippen LogP contribution in [0.1, 0.15) is 43.7 Å². The van der Waals surface area contributed by atoms with Gasteiger partial charge in [-0.05, 0) is 23.6 Å². The van der Waals surface area contributed by atoms with E-state index in [9.17, 15) is 4.79 Å². The fraction of sp³-hybridized carbons (Fsp3) is 0.261. The summed E-state index contributed by atoms with van der Waals surface area (Å²) in [6.45, 7) is 5.18. The molecule has 0 fully saturated rings. The van der Waals surface area contributed by atoms with Gasteiger partial charge in [0.1, 0.15) is 24.3 Å². The van der Waals surface area contributed by atoms with E-state index >= 15 is 0 Å². The highest BCUT2D eigenvalue weighted by Gasteiger charge is 2.34. The predicted molar refractivity (Wildman–Crippen MR) is 113 cm³/mol. The smallest absolute Gasteiger partial charge is 0.256 e. The van der Waals surface area contributed by atoms with E-state index in [0.29, 0.717) is 0 Å². The Morgan fingerprint density at radius 3 is 2.68 bits per heavy atom. The summed E-state index contributed by atoms with van der Waals surface area (Å²) in [7, 11) is 0. The Kier molecular flexibility index (Phi) is 4.41. The van der Waals surface area contributed by atoms with Crippen LogP contribution in [0.5, 0.6) is 0 Å². The monoisotopic (exact) mass is 390 g/mol. The highest BCUT2D eigenvalue weighted by atomic mass is 32.1. The third-order valence-corrected chi connectivity index (χ3v) is 6.97. The van der Waals surface area contributed by atoms with E-state index in [2.05, 4.69) is 60.0 Å². The first-order valence-corrected chi connectivity index (χ1v) is 10.7. The van der Waals surface area contributed by atoms with Crippen molar-refractivity contribution < 1.29 is 9.69 Å². The third-order valence-electron chi connectivity index (χ3n) is 5.80. The number of benzene rings is 2. The van der Waals surface area contributed by atoms with Gasteiger partial charge in [0.25, 0.3) is 5.91 Å². The lowest BCUT2D eigenvalue weighted by Gasteiger charge is -2.28. The van der Waals surface area contributed by atoms with Gasteiger partial charge >= 0.3 is 0 Å². The van der Waals surface area contributed by atoms with E-state index in [1.807, 2.05) is 12.1 Å². The SMILES string of the molecule is Cc1ccccc1[C@H]1NC(=O)c2c(sc3c2CC[NH+](Cc2ccccc2)C3)N1. The van der Waals surface area contributed by atoms with Gasteiger partial charge in [-0.25, -0.2) is 0 Å². The minimum atomic E-state index is -0.158. The van der Waals surface area contributed by atoms with Gasteiger partial charge in [0.05, 0.1) is 17.0 Å². The second-order valence-electron chi connectivity index (χ2n) is 7.70. The van der Waals surface area contributed by atoms with Crippen LogP contribution in [0.3, 0.4) is 0 Å². The summed E-state index contributed by atoms with van der Waals surface area (Å²) in [6.07, 6.45) is 0.807. The first kappa shape index (κ1) is 17.5. The lowest BCUT2D eigenvalue weighted by molar-refractivity contribution is -0.929. The van der Waals surface area contributed by atoms with Crippen molar-refractivity contribution in [2.75, 3.05) is 11.9 Å². The Balaban J connectivity index is 1.40. The third kappa shape index (κ3) is 3.11. The number of hydrogen-bond acceptors (Lipinski definition) is 3. The van der Waals surface area contributed by atoms with Crippen LogP contribution in [0.2, 0.25) is 0 Å².